The first kappa shape index (κ1) is 19.3. The number of benzene rings is 2. The maximum atomic E-state index is 12.5. The fraction of sp³-hybridized carbons (Fsp3) is 0.435. The van der Waals surface area contributed by atoms with Crippen molar-refractivity contribution >= 4 is 11.7 Å². The summed E-state index contributed by atoms with van der Waals surface area (Å²) in [5.41, 5.74) is 3.81. The molecule has 1 heterocycles. The van der Waals surface area contributed by atoms with Gasteiger partial charge in [0.1, 0.15) is 0 Å². The molecular formula is C23H31N3O. The molecular weight excluding hydrogens is 334 g/mol. The number of nitrogens with zero attached hydrogens (tertiary/aromatic N) is 2. The van der Waals surface area contributed by atoms with Gasteiger partial charge in [0, 0.05) is 38.9 Å². The van der Waals surface area contributed by atoms with Crippen LogP contribution in [0.5, 0.6) is 0 Å². The Hall–Kier alpha value is -2.49. The van der Waals surface area contributed by atoms with Crippen LogP contribution >= 0.6 is 0 Å². The van der Waals surface area contributed by atoms with Crippen molar-refractivity contribution in [2.24, 2.45) is 0 Å². The monoisotopic (exact) mass is 365 g/mol. The second-order valence-corrected chi connectivity index (χ2v) is 7.51. The molecule has 1 fully saturated rings. The van der Waals surface area contributed by atoms with Gasteiger partial charge in [-0.05, 0) is 42.4 Å². The maximum absolute atomic E-state index is 12.5. The molecule has 1 unspecified atom stereocenters. The Bertz CT molecular complexity index is 725. The van der Waals surface area contributed by atoms with Crippen molar-refractivity contribution in [3.05, 3.63) is 65.7 Å². The summed E-state index contributed by atoms with van der Waals surface area (Å²) in [6, 6.07) is 18.9. The van der Waals surface area contributed by atoms with Gasteiger partial charge in [-0.15, -0.1) is 0 Å². The predicted octanol–water partition coefficient (Wildman–Crippen LogP) is 4.62. The summed E-state index contributed by atoms with van der Waals surface area (Å²) in [4.78, 5) is 16.7. The molecule has 0 saturated carbocycles. The lowest BCUT2D eigenvalue weighted by atomic mass is 9.98. The van der Waals surface area contributed by atoms with Crippen molar-refractivity contribution < 1.29 is 4.79 Å². The average molecular weight is 366 g/mol. The summed E-state index contributed by atoms with van der Waals surface area (Å²) < 4.78 is 0. The van der Waals surface area contributed by atoms with E-state index in [-0.39, 0.29) is 6.03 Å². The van der Waals surface area contributed by atoms with Crippen molar-refractivity contribution in [3.63, 3.8) is 0 Å². The van der Waals surface area contributed by atoms with E-state index in [1.807, 2.05) is 13.1 Å². The summed E-state index contributed by atoms with van der Waals surface area (Å²) in [7, 11) is 1.87. The van der Waals surface area contributed by atoms with E-state index in [2.05, 4.69) is 65.7 Å². The molecule has 0 bridgehead atoms. The number of para-hydroxylation sites is 1. The highest BCUT2D eigenvalue weighted by molar-refractivity contribution is 5.74. The van der Waals surface area contributed by atoms with Gasteiger partial charge in [-0.1, -0.05) is 55.5 Å². The number of hydrogen-bond donors (Lipinski definition) is 1. The lowest BCUT2D eigenvalue weighted by molar-refractivity contribution is 0.206. The predicted molar refractivity (Wildman–Crippen MR) is 112 cm³/mol. The van der Waals surface area contributed by atoms with Gasteiger partial charge in [0.2, 0.25) is 0 Å². The SMILES string of the molecule is CC(CCNC(=O)N(C)Cc1ccccc1N1CCCC1)c1ccccc1. The number of rotatable bonds is 7. The molecule has 27 heavy (non-hydrogen) atoms. The maximum Gasteiger partial charge on any atom is 0.317 e. The zero-order valence-corrected chi connectivity index (χ0v) is 16.5. The quantitative estimate of drug-likeness (QED) is 0.777. The van der Waals surface area contributed by atoms with Gasteiger partial charge in [0.05, 0.1) is 0 Å². The van der Waals surface area contributed by atoms with E-state index in [4.69, 9.17) is 0 Å². The highest BCUT2D eigenvalue weighted by Gasteiger charge is 2.17. The van der Waals surface area contributed by atoms with E-state index < -0.39 is 0 Å². The Morgan fingerprint density at radius 2 is 1.74 bits per heavy atom. The number of anilines is 1. The van der Waals surface area contributed by atoms with E-state index in [0.717, 1.165) is 19.5 Å². The Balaban J connectivity index is 1.49. The van der Waals surface area contributed by atoms with Gasteiger partial charge in [-0.25, -0.2) is 4.79 Å². The largest absolute Gasteiger partial charge is 0.371 e. The second kappa shape index (κ2) is 9.45. The number of nitrogens with one attached hydrogen (secondary N) is 1. The molecule has 1 N–H and O–H groups in total. The summed E-state index contributed by atoms with van der Waals surface area (Å²) in [5, 5.41) is 3.07. The van der Waals surface area contributed by atoms with Crippen LogP contribution in [0.25, 0.3) is 0 Å². The van der Waals surface area contributed by atoms with Crippen LogP contribution in [0.3, 0.4) is 0 Å². The zero-order chi connectivity index (χ0) is 19.1. The number of urea groups is 1. The number of carbonyl (C=O) groups is 1. The molecule has 0 aromatic heterocycles. The van der Waals surface area contributed by atoms with Crippen LogP contribution in [-0.2, 0) is 6.54 Å². The third-order valence-electron chi connectivity index (χ3n) is 5.41. The van der Waals surface area contributed by atoms with Crippen LogP contribution in [0.4, 0.5) is 10.5 Å². The molecule has 144 valence electrons. The molecule has 0 aliphatic carbocycles. The van der Waals surface area contributed by atoms with Gasteiger partial charge < -0.3 is 15.1 Å². The summed E-state index contributed by atoms with van der Waals surface area (Å²) in [6.07, 6.45) is 3.45. The lowest BCUT2D eigenvalue weighted by Crippen LogP contribution is -2.37. The van der Waals surface area contributed by atoms with E-state index in [1.54, 1.807) is 4.90 Å². The molecule has 4 heteroatoms. The second-order valence-electron chi connectivity index (χ2n) is 7.51. The molecule has 3 rings (SSSR count). The van der Waals surface area contributed by atoms with E-state index in [9.17, 15) is 4.79 Å². The average Bonchev–Trinajstić information content (AvgIpc) is 3.23. The third-order valence-corrected chi connectivity index (χ3v) is 5.41. The normalized spacial score (nSPS) is 14.8. The van der Waals surface area contributed by atoms with E-state index in [1.165, 1.54) is 29.7 Å². The lowest BCUT2D eigenvalue weighted by Gasteiger charge is -2.25. The molecule has 2 aromatic carbocycles. The highest BCUT2D eigenvalue weighted by Crippen LogP contribution is 2.25. The van der Waals surface area contributed by atoms with E-state index >= 15 is 0 Å². The summed E-state index contributed by atoms with van der Waals surface area (Å²) in [6.45, 7) is 5.76. The first-order chi connectivity index (χ1) is 13.1. The number of carbonyl (C=O) groups excluding carboxylic acids is 1. The van der Waals surface area contributed by atoms with Crippen LogP contribution in [0.15, 0.2) is 54.6 Å². The van der Waals surface area contributed by atoms with Gasteiger partial charge in [-0.3, -0.25) is 0 Å². The Labute approximate surface area is 163 Å². The fourth-order valence-corrected chi connectivity index (χ4v) is 3.72. The first-order valence-corrected chi connectivity index (χ1v) is 10.0. The number of hydrogen-bond acceptors (Lipinski definition) is 2. The van der Waals surface area contributed by atoms with Crippen molar-refractivity contribution in [3.8, 4) is 0 Å². The molecule has 1 atom stereocenters. The fourth-order valence-electron chi connectivity index (χ4n) is 3.72. The number of amides is 2. The Kier molecular flexibility index (Phi) is 6.74. The molecule has 2 aromatic rings. The minimum atomic E-state index is -0.00788. The van der Waals surface area contributed by atoms with Crippen molar-refractivity contribution in [2.75, 3.05) is 31.6 Å². The van der Waals surface area contributed by atoms with Crippen LogP contribution < -0.4 is 10.2 Å². The van der Waals surface area contributed by atoms with Crippen LogP contribution in [0.2, 0.25) is 0 Å². The molecule has 2 amide bonds. The molecule has 1 aliphatic heterocycles. The topological polar surface area (TPSA) is 35.6 Å². The minimum absolute atomic E-state index is 0.00788. The van der Waals surface area contributed by atoms with Crippen LogP contribution in [-0.4, -0.2) is 37.6 Å². The van der Waals surface area contributed by atoms with Gasteiger partial charge in [0.15, 0.2) is 0 Å². The van der Waals surface area contributed by atoms with Crippen LogP contribution in [0.1, 0.15) is 43.2 Å². The Morgan fingerprint density at radius 3 is 2.48 bits per heavy atom. The Morgan fingerprint density at radius 1 is 1.07 bits per heavy atom. The molecule has 0 radical (unpaired) electrons. The molecule has 1 saturated heterocycles. The van der Waals surface area contributed by atoms with Crippen molar-refractivity contribution in [2.45, 2.75) is 38.6 Å². The molecule has 4 nitrogen and oxygen atoms in total. The smallest absolute Gasteiger partial charge is 0.317 e. The van der Waals surface area contributed by atoms with Crippen LogP contribution in [0, 0.1) is 0 Å². The van der Waals surface area contributed by atoms with Gasteiger partial charge in [-0.2, -0.15) is 0 Å². The van der Waals surface area contributed by atoms with Crippen molar-refractivity contribution in [1.29, 1.82) is 0 Å². The van der Waals surface area contributed by atoms with E-state index in [0.29, 0.717) is 19.0 Å². The molecule has 1 aliphatic rings. The zero-order valence-electron chi connectivity index (χ0n) is 16.5. The highest BCUT2D eigenvalue weighted by atomic mass is 16.2. The van der Waals surface area contributed by atoms with Gasteiger partial charge in [0.25, 0.3) is 0 Å². The summed E-state index contributed by atoms with van der Waals surface area (Å²) >= 11 is 0. The minimum Gasteiger partial charge on any atom is -0.371 e. The van der Waals surface area contributed by atoms with Gasteiger partial charge >= 0.3 is 6.03 Å². The summed E-state index contributed by atoms with van der Waals surface area (Å²) in [5.74, 6) is 0.438. The van der Waals surface area contributed by atoms with Crippen molar-refractivity contribution in [1.82, 2.24) is 10.2 Å². The first-order valence-electron chi connectivity index (χ1n) is 10.0. The molecule has 0 spiro atoms. The standard InChI is InChI=1S/C23H31N3O/c1-19(20-10-4-3-5-11-20)14-15-24-23(27)25(2)18-21-12-6-7-13-22(21)26-16-8-9-17-26/h3-7,10-13,19H,8-9,14-18H2,1-2H3,(H,24,27). The third kappa shape index (κ3) is 5.25.